The molecule has 31 heavy (non-hydrogen) atoms. The van der Waals surface area contributed by atoms with Crippen LogP contribution in [0.4, 0.5) is 0 Å². The van der Waals surface area contributed by atoms with Gasteiger partial charge in [-0.15, -0.1) is 0 Å². The molecule has 0 heterocycles. The van der Waals surface area contributed by atoms with Crippen LogP contribution in [0.25, 0.3) is 0 Å². The summed E-state index contributed by atoms with van der Waals surface area (Å²) in [6, 6.07) is 37.0. The number of hydrogen-bond acceptors (Lipinski definition) is 2. The van der Waals surface area contributed by atoms with Crippen molar-refractivity contribution in [1.82, 2.24) is 0 Å². The van der Waals surface area contributed by atoms with Crippen LogP contribution in [-0.2, 0) is 10.3 Å². The summed E-state index contributed by atoms with van der Waals surface area (Å²) < 4.78 is 14.6. The highest BCUT2D eigenvalue weighted by Crippen LogP contribution is 2.40. The Morgan fingerprint density at radius 1 is 0.581 bits per heavy atom. The van der Waals surface area contributed by atoms with Crippen LogP contribution in [0.2, 0.25) is 0 Å². The van der Waals surface area contributed by atoms with Gasteiger partial charge in [0.1, 0.15) is 18.0 Å². The summed E-state index contributed by atoms with van der Waals surface area (Å²) in [6.07, 6.45) is 0. The summed E-state index contributed by atoms with van der Waals surface area (Å²) >= 11 is 7.04. The monoisotopic (exact) mass is 536 g/mol. The molecule has 4 rings (SSSR count). The van der Waals surface area contributed by atoms with Crippen LogP contribution in [0.3, 0.4) is 0 Å². The quantitative estimate of drug-likeness (QED) is 0.170. The second-order valence-corrected chi connectivity index (χ2v) is 8.82. The van der Waals surface area contributed by atoms with Crippen molar-refractivity contribution in [1.29, 1.82) is 0 Å². The second-order valence-electron chi connectivity index (χ2n) is 7.05. The van der Waals surface area contributed by atoms with E-state index in [9.17, 15) is 0 Å². The first-order chi connectivity index (χ1) is 15.2. The van der Waals surface area contributed by atoms with E-state index < -0.39 is 5.60 Å². The molecule has 0 saturated carbocycles. The first kappa shape index (κ1) is 21.8. The van der Waals surface area contributed by atoms with E-state index in [0.717, 1.165) is 31.4 Å². The van der Waals surface area contributed by atoms with Crippen LogP contribution in [0.1, 0.15) is 16.7 Å². The molecule has 0 spiro atoms. The SMILES string of the molecule is Brc1ccc(Br)c(OCCOC(c2ccccc2)(c2ccccc2)c2ccccc2)c1. The predicted molar refractivity (Wildman–Crippen MR) is 132 cm³/mol. The van der Waals surface area contributed by atoms with Crippen LogP contribution >= 0.6 is 31.9 Å². The zero-order valence-electron chi connectivity index (χ0n) is 16.9. The summed E-state index contributed by atoms with van der Waals surface area (Å²) in [5.41, 5.74) is 2.50. The maximum atomic E-state index is 6.73. The first-order valence-corrected chi connectivity index (χ1v) is 11.7. The Kier molecular flexibility index (Phi) is 7.23. The van der Waals surface area contributed by atoms with Gasteiger partial charge in [-0.2, -0.15) is 0 Å². The van der Waals surface area contributed by atoms with Gasteiger partial charge in [-0.1, -0.05) is 107 Å². The molecule has 0 aliphatic carbocycles. The number of ether oxygens (including phenoxy) is 2. The van der Waals surface area contributed by atoms with Crippen molar-refractivity contribution >= 4 is 31.9 Å². The van der Waals surface area contributed by atoms with Crippen LogP contribution < -0.4 is 4.74 Å². The Morgan fingerprint density at radius 2 is 1.06 bits per heavy atom. The molecule has 0 aliphatic heterocycles. The van der Waals surface area contributed by atoms with Gasteiger partial charge in [0.15, 0.2) is 0 Å². The highest BCUT2D eigenvalue weighted by molar-refractivity contribution is 9.11. The molecule has 0 atom stereocenters. The Balaban J connectivity index is 1.68. The van der Waals surface area contributed by atoms with Crippen LogP contribution in [0, 0.1) is 0 Å². The molecule has 0 saturated heterocycles. The van der Waals surface area contributed by atoms with Gasteiger partial charge in [-0.25, -0.2) is 0 Å². The standard InChI is InChI=1S/C27H22Br2O2/c28-24-16-17-25(29)26(20-24)30-18-19-31-27(21-10-4-1-5-11-21,22-12-6-2-7-13-22)23-14-8-3-9-15-23/h1-17,20H,18-19H2. The van der Waals surface area contributed by atoms with Gasteiger partial charge in [0.2, 0.25) is 0 Å². The van der Waals surface area contributed by atoms with Gasteiger partial charge in [0, 0.05) is 4.47 Å². The first-order valence-electron chi connectivity index (χ1n) is 10.1. The van der Waals surface area contributed by atoms with E-state index >= 15 is 0 Å². The van der Waals surface area contributed by atoms with E-state index in [1.165, 1.54) is 0 Å². The van der Waals surface area contributed by atoms with Gasteiger partial charge in [0.05, 0.1) is 11.1 Å². The van der Waals surface area contributed by atoms with Crippen molar-refractivity contribution < 1.29 is 9.47 Å². The lowest BCUT2D eigenvalue weighted by atomic mass is 9.80. The molecule has 4 aromatic carbocycles. The molecule has 0 fully saturated rings. The van der Waals surface area contributed by atoms with Crippen molar-refractivity contribution in [3.63, 3.8) is 0 Å². The molecule has 0 amide bonds. The van der Waals surface area contributed by atoms with E-state index in [1.807, 2.05) is 36.4 Å². The Bertz CT molecular complexity index is 1000. The van der Waals surface area contributed by atoms with Crippen molar-refractivity contribution in [2.24, 2.45) is 0 Å². The molecule has 0 unspecified atom stereocenters. The molecule has 4 heteroatoms. The lowest BCUT2D eigenvalue weighted by Crippen LogP contribution is -2.34. The molecule has 0 radical (unpaired) electrons. The van der Waals surface area contributed by atoms with Gasteiger partial charge >= 0.3 is 0 Å². The molecule has 0 N–H and O–H groups in total. The fourth-order valence-corrected chi connectivity index (χ4v) is 4.40. The normalized spacial score (nSPS) is 11.3. The van der Waals surface area contributed by atoms with Crippen LogP contribution in [0.5, 0.6) is 5.75 Å². The topological polar surface area (TPSA) is 18.5 Å². The Labute approximate surface area is 200 Å². The smallest absolute Gasteiger partial charge is 0.143 e. The number of halogens is 2. The summed E-state index contributed by atoms with van der Waals surface area (Å²) in [6.45, 7) is 0.834. The lowest BCUT2D eigenvalue weighted by Gasteiger charge is -2.36. The maximum Gasteiger partial charge on any atom is 0.143 e. The maximum absolute atomic E-state index is 6.73. The number of hydrogen-bond donors (Lipinski definition) is 0. The van der Waals surface area contributed by atoms with Gasteiger partial charge in [-0.3, -0.25) is 0 Å². The zero-order valence-corrected chi connectivity index (χ0v) is 20.1. The van der Waals surface area contributed by atoms with Gasteiger partial charge < -0.3 is 9.47 Å². The molecule has 156 valence electrons. The van der Waals surface area contributed by atoms with E-state index in [0.29, 0.717) is 13.2 Å². The molecule has 4 aromatic rings. The fraction of sp³-hybridized carbons (Fsp3) is 0.111. The van der Waals surface area contributed by atoms with Crippen LogP contribution in [0.15, 0.2) is 118 Å². The summed E-state index contributed by atoms with van der Waals surface area (Å²) in [4.78, 5) is 0. The minimum atomic E-state index is -0.734. The van der Waals surface area contributed by atoms with E-state index in [1.54, 1.807) is 0 Å². The van der Waals surface area contributed by atoms with Gasteiger partial charge in [0.25, 0.3) is 0 Å². The highest BCUT2D eigenvalue weighted by atomic mass is 79.9. The van der Waals surface area contributed by atoms with Crippen molar-refractivity contribution in [3.05, 3.63) is 135 Å². The van der Waals surface area contributed by atoms with E-state index in [-0.39, 0.29) is 0 Å². The lowest BCUT2D eigenvalue weighted by molar-refractivity contribution is -0.00250. The highest BCUT2D eigenvalue weighted by Gasteiger charge is 2.37. The summed E-state index contributed by atoms with van der Waals surface area (Å²) in [5.74, 6) is 0.780. The average molecular weight is 538 g/mol. The van der Waals surface area contributed by atoms with Crippen molar-refractivity contribution in [2.75, 3.05) is 13.2 Å². The fourth-order valence-electron chi connectivity index (χ4n) is 3.70. The molecule has 0 aliphatic rings. The number of rotatable bonds is 8. The predicted octanol–water partition coefficient (Wildman–Crippen LogP) is 7.60. The third kappa shape index (κ3) is 4.93. The zero-order chi connectivity index (χ0) is 21.5. The molecule has 0 aromatic heterocycles. The number of benzene rings is 4. The molecule has 2 nitrogen and oxygen atoms in total. The van der Waals surface area contributed by atoms with Gasteiger partial charge in [-0.05, 0) is 50.8 Å². The minimum absolute atomic E-state index is 0.414. The second kappa shape index (κ2) is 10.3. The van der Waals surface area contributed by atoms with Crippen molar-refractivity contribution in [2.45, 2.75) is 5.60 Å². The average Bonchev–Trinajstić information content (AvgIpc) is 2.83. The molecular formula is C27H22Br2O2. The molecular weight excluding hydrogens is 516 g/mol. The summed E-state index contributed by atoms with van der Waals surface area (Å²) in [7, 11) is 0. The summed E-state index contributed by atoms with van der Waals surface area (Å²) in [5, 5.41) is 0. The molecule has 0 bridgehead atoms. The van der Waals surface area contributed by atoms with Crippen LogP contribution in [-0.4, -0.2) is 13.2 Å². The third-order valence-electron chi connectivity index (χ3n) is 5.09. The Hall–Kier alpha value is -2.40. The third-order valence-corrected chi connectivity index (χ3v) is 6.24. The minimum Gasteiger partial charge on any atom is -0.490 e. The Morgan fingerprint density at radius 3 is 1.55 bits per heavy atom. The van der Waals surface area contributed by atoms with Crippen molar-refractivity contribution in [3.8, 4) is 5.75 Å². The van der Waals surface area contributed by atoms with E-state index in [2.05, 4.69) is 105 Å². The van der Waals surface area contributed by atoms with E-state index in [4.69, 9.17) is 9.47 Å². The largest absolute Gasteiger partial charge is 0.490 e.